The van der Waals surface area contributed by atoms with E-state index in [1.807, 2.05) is 0 Å². The van der Waals surface area contributed by atoms with E-state index in [1.54, 1.807) is 0 Å². The summed E-state index contributed by atoms with van der Waals surface area (Å²) in [7, 11) is -5.63. The minimum Gasteiger partial charge on any atom is -0.324 e. The Labute approximate surface area is 161 Å². The van der Waals surface area contributed by atoms with Crippen molar-refractivity contribution in [3.63, 3.8) is 0 Å². The van der Waals surface area contributed by atoms with Crippen molar-refractivity contribution >= 4 is 33.5 Å². The Morgan fingerprint density at radius 3 is 2.07 bits per heavy atom. The summed E-state index contributed by atoms with van der Waals surface area (Å²) in [5, 5.41) is 0.284. The van der Waals surface area contributed by atoms with Gasteiger partial charge in [0.25, 0.3) is 11.8 Å². The van der Waals surface area contributed by atoms with Crippen LogP contribution >= 0.6 is 0 Å². The molecule has 0 radical (unpaired) electrons. The van der Waals surface area contributed by atoms with Crippen LogP contribution in [0.1, 0.15) is 36.6 Å². The molecule has 1 aliphatic rings. The van der Waals surface area contributed by atoms with E-state index in [4.69, 9.17) is 4.84 Å². The van der Waals surface area contributed by atoms with Gasteiger partial charge in [-0.05, 0) is 42.8 Å². The molecule has 0 aliphatic carbocycles. The Bertz CT molecular complexity index is 1110. The van der Waals surface area contributed by atoms with Crippen molar-refractivity contribution in [3.8, 4) is 0 Å². The molecule has 0 atom stereocenters. The minimum absolute atomic E-state index is 0.0500. The highest BCUT2D eigenvalue weighted by atomic mass is 32.2. The maximum absolute atomic E-state index is 12.4. The molecule has 29 heavy (non-hydrogen) atoms. The number of nitrogens with one attached hydrogen (secondary N) is 1. The molecule has 3 rings (SSSR count). The third kappa shape index (κ3) is 3.66. The largest absolute Gasteiger partial charge is 0.516 e. The van der Waals surface area contributed by atoms with Crippen molar-refractivity contribution in [2.45, 2.75) is 12.4 Å². The second-order valence-corrected chi connectivity index (χ2v) is 7.58. The van der Waals surface area contributed by atoms with E-state index in [0.29, 0.717) is 0 Å². The fourth-order valence-electron chi connectivity index (χ4n) is 2.55. The molecule has 2 aromatic carbocycles. The van der Waals surface area contributed by atoms with Gasteiger partial charge in [0, 0.05) is 5.69 Å². The Hall–Kier alpha value is -3.41. The molecule has 2 aromatic rings. The highest BCUT2D eigenvalue weighted by Gasteiger charge is 2.46. The van der Waals surface area contributed by atoms with Crippen molar-refractivity contribution in [2.75, 3.05) is 4.72 Å². The van der Waals surface area contributed by atoms with Crippen molar-refractivity contribution in [2.24, 2.45) is 0 Å². The third-order valence-electron chi connectivity index (χ3n) is 3.93. The van der Waals surface area contributed by atoms with Crippen molar-refractivity contribution < 1.29 is 40.8 Å². The first-order valence-corrected chi connectivity index (χ1v) is 9.30. The normalized spacial score (nSPS) is 14.0. The van der Waals surface area contributed by atoms with E-state index in [2.05, 4.69) is 0 Å². The van der Waals surface area contributed by atoms with Gasteiger partial charge >= 0.3 is 21.5 Å². The van der Waals surface area contributed by atoms with Crippen LogP contribution in [0.3, 0.4) is 0 Å². The van der Waals surface area contributed by atoms with Crippen LogP contribution in [0.2, 0.25) is 0 Å². The number of rotatable bonds is 4. The number of aryl methyl sites for hydroxylation is 1. The van der Waals surface area contributed by atoms with Gasteiger partial charge in [0.1, 0.15) is 0 Å². The molecular formula is C17H11F3N2O6S. The molecule has 152 valence electrons. The molecule has 1 aliphatic heterocycles. The number of amides is 2. The lowest BCUT2D eigenvalue weighted by Crippen LogP contribution is -2.33. The molecule has 8 nitrogen and oxygen atoms in total. The van der Waals surface area contributed by atoms with Gasteiger partial charge in [0.2, 0.25) is 0 Å². The lowest BCUT2D eigenvalue weighted by atomic mass is 10.1. The second-order valence-electron chi connectivity index (χ2n) is 5.91. The number of fused-ring (bicyclic) bond motifs is 1. The van der Waals surface area contributed by atoms with Crippen LogP contribution in [-0.4, -0.2) is 36.8 Å². The van der Waals surface area contributed by atoms with Crippen LogP contribution in [-0.2, 0) is 14.9 Å². The monoisotopic (exact) mass is 428 g/mol. The number of imide groups is 1. The minimum atomic E-state index is -5.63. The summed E-state index contributed by atoms with van der Waals surface area (Å²) < 4.78 is 61.0. The first-order valence-electron chi connectivity index (χ1n) is 7.82. The first kappa shape index (κ1) is 20.3. The second kappa shape index (κ2) is 6.88. The number of alkyl halides is 3. The lowest BCUT2D eigenvalue weighted by molar-refractivity contribution is -0.0585. The quantitative estimate of drug-likeness (QED) is 0.750. The van der Waals surface area contributed by atoms with E-state index >= 15 is 0 Å². The van der Waals surface area contributed by atoms with Crippen LogP contribution in [0.5, 0.6) is 0 Å². The Balaban J connectivity index is 1.79. The Morgan fingerprint density at radius 2 is 1.59 bits per heavy atom. The summed E-state index contributed by atoms with van der Waals surface area (Å²) in [4.78, 5) is 41.6. The van der Waals surface area contributed by atoms with Gasteiger partial charge in [-0.1, -0.05) is 17.2 Å². The molecule has 0 fully saturated rings. The molecule has 0 bridgehead atoms. The number of hydroxylamine groups is 2. The topological polar surface area (TPSA) is 110 Å². The van der Waals surface area contributed by atoms with Crippen LogP contribution in [0.15, 0.2) is 42.5 Å². The average Bonchev–Trinajstić information content (AvgIpc) is 2.86. The molecule has 1 N–H and O–H groups in total. The van der Waals surface area contributed by atoms with Crippen LogP contribution in [0, 0.1) is 6.92 Å². The lowest BCUT2D eigenvalue weighted by Gasteiger charge is -2.15. The summed E-state index contributed by atoms with van der Waals surface area (Å²) in [5.41, 5.74) is -5.97. The zero-order valence-electron chi connectivity index (χ0n) is 14.5. The number of anilines is 1. The Morgan fingerprint density at radius 1 is 1.03 bits per heavy atom. The van der Waals surface area contributed by atoms with E-state index in [9.17, 15) is 36.0 Å². The van der Waals surface area contributed by atoms with Crippen LogP contribution < -0.4 is 4.72 Å². The number of hydrogen-bond donors (Lipinski definition) is 1. The Kier molecular flexibility index (Phi) is 4.82. The van der Waals surface area contributed by atoms with Crippen molar-refractivity contribution in [1.29, 1.82) is 0 Å². The standard InChI is InChI=1S/C17H11F3N2O6S/c1-9-8-10(21-29(26,27)17(18,19)20)6-7-11(9)16(25)28-22-14(23)12-4-2-3-5-13(12)15(22)24/h2-8,21H,1H3. The highest BCUT2D eigenvalue weighted by molar-refractivity contribution is 7.93. The van der Waals surface area contributed by atoms with E-state index in [1.165, 1.54) is 35.9 Å². The summed E-state index contributed by atoms with van der Waals surface area (Å²) in [6.07, 6.45) is 0. The fourth-order valence-corrected chi connectivity index (χ4v) is 3.10. The summed E-state index contributed by atoms with van der Waals surface area (Å²) >= 11 is 0. The summed E-state index contributed by atoms with van der Waals surface area (Å²) in [6.45, 7) is 1.31. The molecule has 0 saturated heterocycles. The van der Waals surface area contributed by atoms with Crippen molar-refractivity contribution in [3.05, 3.63) is 64.7 Å². The zero-order valence-corrected chi connectivity index (χ0v) is 15.3. The average molecular weight is 428 g/mol. The smallest absolute Gasteiger partial charge is 0.324 e. The number of sulfonamides is 1. The van der Waals surface area contributed by atoms with E-state index < -0.39 is 39.0 Å². The molecule has 0 spiro atoms. The molecule has 0 unspecified atom stereocenters. The summed E-state index contributed by atoms with van der Waals surface area (Å²) in [5.74, 6) is -2.81. The predicted octanol–water partition coefficient (Wildman–Crippen LogP) is 2.62. The maximum atomic E-state index is 12.4. The number of benzene rings is 2. The zero-order chi connectivity index (χ0) is 21.6. The van der Waals surface area contributed by atoms with E-state index in [0.717, 1.165) is 18.2 Å². The van der Waals surface area contributed by atoms with Gasteiger partial charge in [-0.15, -0.1) is 0 Å². The van der Waals surface area contributed by atoms with Gasteiger partial charge in [0.15, 0.2) is 0 Å². The van der Waals surface area contributed by atoms with Crippen molar-refractivity contribution in [1.82, 2.24) is 5.06 Å². The van der Waals surface area contributed by atoms with Gasteiger partial charge in [0.05, 0.1) is 16.7 Å². The van der Waals surface area contributed by atoms with Gasteiger partial charge in [-0.2, -0.15) is 21.6 Å². The van der Waals surface area contributed by atoms with Gasteiger partial charge in [-0.25, -0.2) is 4.79 Å². The molecule has 12 heteroatoms. The molecule has 2 amide bonds. The van der Waals surface area contributed by atoms with Crippen LogP contribution in [0.25, 0.3) is 0 Å². The molecule has 0 aromatic heterocycles. The predicted molar refractivity (Wildman–Crippen MR) is 92.1 cm³/mol. The number of nitrogens with zero attached hydrogens (tertiary/aromatic N) is 1. The number of halogens is 3. The molecular weight excluding hydrogens is 417 g/mol. The van der Waals surface area contributed by atoms with E-state index in [-0.39, 0.29) is 27.3 Å². The maximum Gasteiger partial charge on any atom is 0.516 e. The molecule has 1 heterocycles. The highest BCUT2D eigenvalue weighted by Crippen LogP contribution is 2.27. The van der Waals surface area contributed by atoms with Crippen LogP contribution in [0.4, 0.5) is 18.9 Å². The number of carbonyl (C=O) groups excluding carboxylic acids is 3. The first-order chi connectivity index (χ1) is 13.4. The van der Waals surface area contributed by atoms with Gasteiger partial charge < -0.3 is 4.84 Å². The SMILES string of the molecule is Cc1cc(NS(=O)(=O)C(F)(F)F)ccc1C(=O)ON1C(=O)c2ccccc2C1=O. The fraction of sp³-hybridized carbons (Fsp3) is 0.118. The number of hydrogen-bond acceptors (Lipinski definition) is 6. The van der Waals surface area contributed by atoms with Gasteiger partial charge in [-0.3, -0.25) is 14.3 Å². The molecule has 0 saturated carbocycles. The number of carbonyl (C=O) groups is 3. The summed E-state index contributed by atoms with van der Waals surface area (Å²) in [6, 6.07) is 8.72. The third-order valence-corrected chi connectivity index (χ3v) is 5.05.